The summed E-state index contributed by atoms with van der Waals surface area (Å²) >= 11 is 1.87. The lowest BCUT2D eigenvalue weighted by atomic mass is 10.2. The summed E-state index contributed by atoms with van der Waals surface area (Å²) in [6, 6.07) is 4.98. The quantitative estimate of drug-likeness (QED) is 0.691. The van der Waals surface area contributed by atoms with E-state index >= 15 is 0 Å². The van der Waals surface area contributed by atoms with Gasteiger partial charge in [-0.15, -0.1) is 11.3 Å². The van der Waals surface area contributed by atoms with Gasteiger partial charge in [0.15, 0.2) is 0 Å². The fourth-order valence-electron chi connectivity index (χ4n) is 1.27. The number of hydrogen-bond donors (Lipinski definition) is 1. The van der Waals surface area contributed by atoms with E-state index in [4.69, 9.17) is 0 Å². The van der Waals surface area contributed by atoms with Gasteiger partial charge < -0.3 is 5.32 Å². The van der Waals surface area contributed by atoms with Gasteiger partial charge in [0.2, 0.25) is 0 Å². The molecule has 13 heavy (non-hydrogen) atoms. The molecule has 74 valence electrons. The summed E-state index contributed by atoms with van der Waals surface area (Å²) in [6.07, 6.45) is 3.84. The Morgan fingerprint density at radius 1 is 1.38 bits per heavy atom. The molecule has 0 amide bonds. The van der Waals surface area contributed by atoms with Gasteiger partial charge in [-0.2, -0.15) is 0 Å². The van der Waals surface area contributed by atoms with Crippen LogP contribution >= 0.6 is 11.3 Å². The molecule has 0 saturated carbocycles. The van der Waals surface area contributed by atoms with E-state index in [2.05, 4.69) is 36.7 Å². The minimum atomic E-state index is 0.627. The molecule has 1 aromatic rings. The molecule has 0 aromatic carbocycles. The highest BCUT2D eigenvalue weighted by molar-refractivity contribution is 7.09. The van der Waals surface area contributed by atoms with Crippen molar-refractivity contribution in [2.24, 2.45) is 0 Å². The van der Waals surface area contributed by atoms with Crippen LogP contribution < -0.4 is 5.32 Å². The number of hydrogen-bond acceptors (Lipinski definition) is 2. The summed E-state index contributed by atoms with van der Waals surface area (Å²) in [7, 11) is 0. The van der Waals surface area contributed by atoms with Gasteiger partial charge in [0.1, 0.15) is 0 Å². The van der Waals surface area contributed by atoms with Crippen molar-refractivity contribution in [3.05, 3.63) is 22.4 Å². The molecule has 2 heteroatoms. The maximum Gasteiger partial charge on any atom is 0.00452 e. The molecule has 0 aliphatic heterocycles. The number of nitrogens with one attached hydrogen (secondary N) is 1. The van der Waals surface area contributed by atoms with Crippen molar-refractivity contribution in [3.8, 4) is 0 Å². The van der Waals surface area contributed by atoms with Crippen LogP contribution in [0, 0.1) is 0 Å². The Kier molecular flexibility index (Phi) is 5.09. The zero-order valence-electron chi connectivity index (χ0n) is 8.55. The van der Waals surface area contributed by atoms with Gasteiger partial charge >= 0.3 is 0 Å². The molecule has 1 heterocycles. The summed E-state index contributed by atoms with van der Waals surface area (Å²) in [5, 5.41) is 5.58. The van der Waals surface area contributed by atoms with Gasteiger partial charge in [-0.3, -0.25) is 0 Å². The van der Waals surface area contributed by atoms with Gasteiger partial charge in [-0.1, -0.05) is 19.9 Å². The Morgan fingerprint density at radius 3 is 2.85 bits per heavy atom. The SMILES string of the molecule is CC(C)NCCCCc1cccs1. The highest BCUT2D eigenvalue weighted by atomic mass is 32.1. The van der Waals surface area contributed by atoms with Crippen LogP contribution in [-0.4, -0.2) is 12.6 Å². The molecule has 1 rings (SSSR count). The second-order valence-electron chi connectivity index (χ2n) is 3.65. The molecule has 0 unspecified atom stereocenters. The van der Waals surface area contributed by atoms with Crippen LogP contribution in [0.25, 0.3) is 0 Å². The maximum absolute atomic E-state index is 3.43. The predicted molar refractivity (Wildman–Crippen MR) is 60.4 cm³/mol. The zero-order valence-corrected chi connectivity index (χ0v) is 9.36. The van der Waals surface area contributed by atoms with Crippen LogP contribution in [0.1, 0.15) is 31.6 Å². The van der Waals surface area contributed by atoms with Crippen molar-refractivity contribution < 1.29 is 0 Å². The smallest absolute Gasteiger partial charge is 0.00452 e. The first-order chi connectivity index (χ1) is 6.29. The van der Waals surface area contributed by atoms with Crippen molar-refractivity contribution >= 4 is 11.3 Å². The molecule has 0 spiro atoms. The van der Waals surface area contributed by atoms with Crippen LogP contribution in [0.3, 0.4) is 0 Å². The first-order valence-electron chi connectivity index (χ1n) is 5.05. The van der Waals surface area contributed by atoms with Crippen molar-refractivity contribution in [1.82, 2.24) is 5.32 Å². The monoisotopic (exact) mass is 197 g/mol. The van der Waals surface area contributed by atoms with E-state index in [-0.39, 0.29) is 0 Å². The Labute approximate surface area is 85.2 Å². The van der Waals surface area contributed by atoms with Crippen LogP contribution in [0.2, 0.25) is 0 Å². The Hall–Kier alpha value is -0.340. The highest BCUT2D eigenvalue weighted by Crippen LogP contribution is 2.11. The van der Waals surface area contributed by atoms with Gasteiger partial charge in [-0.05, 0) is 37.3 Å². The lowest BCUT2D eigenvalue weighted by Crippen LogP contribution is -2.23. The molecule has 1 N–H and O–H groups in total. The van der Waals surface area contributed by atoms with E-state index in [0.29, 0.717) is 6.04 Å². The van der Waals surface area contributed by atoms with Gasteiger partial charge in [-0.25, -0.2) is 0 Å². The molecule has 0 bridgehead atoms. The zero-order chi connectivity index (χ0) is 9.52. The van der Waals surface area contributed by atoms with Gasteiger partial charge in [0.05, 0.1) is 0 Å². The van der Waals surface area contributed by atoms with Crippen molar-refractivity contribution in [2.75, 3.05) is 6.54 Å². The van der Waals surface area contributed by atoms with E-state index in [9.17, 15) is 0 Å². The maximum atomic E-state index is 3.43. The summed E-state index contributed by atoms with van der Waals surface area (Å²) in [4.78, 5) is 1.52. The predicted octanol–water partition coefficient (Wildman–Crippen LogP) is 3.07. The standard InChI is InChI=1S/C11H19NS/c1-10(2)12-8-4-3-6-11-7-5-9-13-11/h5,7,9-10,12H,3-4,6,8H2,1-2H3. The normalized spacial score (nSPS) is 11.0. The molecule has 0 radical (unpaired) electrons. The van der Waals surface area contributed by atoms with Crippen LogP contribution in [-0.2, 0) is 6.42 Å². The fraction of sp³-hybridized carbons (Fsp3) is 0.636. The van der Waals surface area contributed by atoms with Crippen molar-refractivity contribution in [3.63, 3.8) is 0 Å². The summed E-state index contributed by atoms with van der Waals surface area (Å²) in [5.74, 6) is 0. The van der Waals surface area contributed by atoms with E-state index in [1.54, 1.807) is 0 Å². The topological polar surface area (TPSA) is 12.0 Å². The minimum absolute atomic E-state index is 0.627. The first kappa shape index (κ1) is 10.7. The first-order valence-corrected chi connectivity index (χ1v) is 5.93. The lowest BCUT2D eigenvalue weighted by molar-refractivity contribution is 0.558. The summed E-state index contributed by atoms with van der Waals surface area (Å²) < 4.78 is 0. The largest absolute Gasteiger partial charge is 0.315 e. The third-order valence-corrected chi connectivity index (χ3v) is 2.92. The second kappa shape index (κ2) is 6.17. The van der Waals surface area contributed by atoms with Gasteiger partial charge in [0, 0.05) is 10.9 Å². The average Bonchev–Trinajstić information content (AvgIpc) is 2.55. The molecule has 0 fully saturated rings. The fourth-order valence-corrected chi connectivity index (χ4v) is 2.02. The van der Waals surface area contributed by atoms with Crippen molar-refractivity contribution in [1.29, 1.82) is 0 Å². The van der Waals surface area contributed by atoms with Crippen LogP contribution in [0.5, 0.6) is 0 Å². The van der Waals surface area contributed by atoms with Crippen LogP contribution in [0.15, 0.2) is 17.5 Å². The number of unbranched alkanes of at least 4 members (excludes halogenated alkanes) is 1. The van der Waals surface area contributed by atoms with Crippen molar-refractivity contribution in [2.45, 2.75) is 39.2 Å². The third-order valence-electron chi connectivity index (χ3n) is 1.98. The molecule has 1 aromatic heterocycles. The minimum Gasteiger partial charge on any atom is -0.315 e. The highest BCUT2D eigenvalue weighted by Gasteiger charge is 1.94. The summed E-state index contributed by atoms with van der Waals surface area (Å²) in [6.45, 7) is 5.54. The molecule has 0 saturated heterocycles. The van der Waals surface area contributed by atoms with E-state index in [1.807, 2.05) is 11.3 Å². The lowest BCUT2D eigenvalue weighted by Gasteiger charge is -2.06. The average molecular weight is 197 g/mol. The third kappa shape index (κ3) is 5.06. The molecule has 1 nitrogen and oxygen atoms in total. The van der Waals surface area contributed by atoms with E-state index in [1.165, 1.54) is 24.1 Å². The molecule has 0 atom stereocenters. The van der Waals surface area contributed by atoms with Crippen LogP contribution in [0.4, 0.5) is 0 Å². The Balaban J connectivity index is 1.96. The number of rotatable bonds is 6. The Morgan fingerprint density at radius 2 is 2.23 bits per heavy atom. The number of thiophene rings is 1. The number of aryl methyl sites for hydroxylation is 1. The van der Waals surface area contributed by atoms with E-state index < -0.39 is 0 Å². The summed E-state index contributed by atoms with van der Waals surface area (Å²) in [5.41, 5.74) is 0. The van der Waals surface area contributed by atoms with E-state index in [0.717, 1.165) is 6.54 Å². The molecule has 0 aliphatic rings. The molecular weight excluding hydrogens is 178 g/mol. The molecule has 0 aliphatic carbocycles. The Bertz CT molecular complexity index is 204. The van der Waals surface area contributed by atoms with Gasteiger partial charge in [0.25, 0.3) is 0 Å². The second-order valence-corrected chi connectivity index (χ2v) is 4.68. The molecular formula is C11H19NS.